The van der Waals surface area contributed by atoms with Crippen LogP contribution >= 0.6 is 7.82 Å². The molecule has 1 aliphatic rings. The Labute approximate surface area is 335 Å². The number of hydrogen-bond donors (Lipinski definition) is 9. The number of nitrogens with two attached hydrogens (primary N) is 2. The summed E-state index contributed by atoms with van der Waals surface area (Å²) in [5, 5.41) is 19.9. The Morgan fingerprint density at radius 3 is 2.05 bits per heavy atom. The molecule has 7 amide bonds. The van der Waals surface area contributed by atoms with Gasteiger partial charge in [0.25, 0.3) is 0 Å². The van der Waals surface area contributed by atoms with Crippen molar-refractivity contribution in [2.75, 3.05) is 6.54 Å². The molecule has 1 fully saturated rings. The van der Waals surface area contributed by atoms with Crippen molar-refractivity contribution in [1.82, 2.24) is 26.2 Å². The second-order valence-corrected chi connectivity index (χ2v) is 15.4. The highest BCUT2D eigenvalue weighted by atomic mass is 31.2. The normalized spacial score (nSPS) is 16.5. The van der Waals surface area contributed by atoms with Crippen LogP contribution in [0.2, 0.25) is 0 Å². The first-order valence-electron chi connectivity index (χ1n) is 18.5. The zero-order chi connectivity index (χ0) is 43.2. The average Bonchev–Trinajstić information content (AvgIpc) is 3.64. The molecule has 0 radical (unpaired) electrons. The van der Waals surface area contributed by atoms with E-state index in [0.717, 1.165) is 0 Å². The standard InChI is InChI=1S/C37H52N7O13P/c1-21(2)18-28(36(51)44-17-7-10-29(44)35(50)40-26(15-16-30(38)46)33(48)43-31(22(3)45)32(39)47)41-34(49)27(42-37(52)56-20-24-8-5-4-6-9-24)19-23-11-13-25(14-12-23)57-58(53,54)55/h4-6,8-9,11-14,21-22,26-29,31,45H,7,10,15-20H2,1-3H3,(H2,38,46)(H2,39,47)(H,40,50)(H,41,49)(H,42,52)(H,43,48)(H2,53,54,55)/t22-,26+,27+,28+,29+,31+/m1/s1. The van der Waals surface area contributed by atoms with Crippen LogP contribution in [-0.2, 0) is 51.1 Å². The summed E-state index contributed by atoms with van der Waals surface area (Å²) in [7, 11) is -4.84. The molecule has 0 aromatic heterocycles. The number of nitrogens with zero attached hydrogens (tertiary/aromatic N) is 1. The molecule has 0 saturated carbocycles. The molecular weight excluding hydrogens is 781 g/mol. The molecule has 318 valence electrons. The summed E-state index contributed by atoms with van der Waals surface area (Å²) in [4.78, 5) is 111. The molecule has 2 aromatic rings. The lowest BCUT2D eigenvalue weighted by molar-refractivity contribution is -0.142. The third-order valence-electron chi connectivity index (χ3n) is 8.97. The van der Waals surface area contributed by atoms with Gasteiger partial charge in [0.05, 0.1) is 6.10 Å². The third-order valence-corrected chi connectivity index (χ3v) is 9.42. The van der Waals surface area contributed by atoms with E-state index in [1.165, 1.54) is 36.1 Å². The molecule has 0 bridgehead atoms. The topological polar surface area (TPSA) is 319 Å². The van der Waals surface area contributed by atoms with Crippen molar-refractivity contribution >= 4 is 49.4 Å². The fraction of sp³-hybridized carbons (Fsp3) is 0.486. The first-order chi connectivity index (χ1) is 27.2. The largest absolute Gasteiger partial charge is 0.524 e. The number of benzene rings is 2. The van der Waals surface area contributed by atoms with Crippen LogP contribution in [0.4, 0.5) is 4.79 Å². The molecule has 1 saturated heterocycles. The maximum Gasteiger partial charge on any atom is 0.524 e. The summed E-state index contributed by atoms with van der Waals surface area (Å²) in [6.45, 7) is 4.85. The van der Waals surface area contributed by atoms with Gasteiger partial charge in [-0.25, -0.2) is 9.36 Å². The number of likely N-dealkylation sites (tertiary alicyclic amines) is 1. The molecule has 2 aromatic carbocycles. The molecule has 21 heteroatoms. The number of carbonyl (C=O) groups is 7. The van der Waals surface area contributed by atoms with Gasteiger partial charge in [0, 0.05) is 19.4 Å². The number of rotatable bonds is 21. The van der Waals surface area contributed by atoms with Gasteiger partial charge in [-0.3, -0.25) is 38.6 Å². The number of phosphoric ester groups is 1. The van der Waals surface area contributed by atoms with Crippen molar-refractivity contribution in [3.8, 4) is 5.75 Å². The monoisotopic (exact) mass is 833 g/mol. The highest BCUT2D eigenvalue weighted by Gasteiger charge is 2.40. The van der Waals surface area contributed by atoms with Crippen LogP contribution < -0.4 is 37.3 Å². The van der Waals surface area contributed by atoms with Crippen LogP contribution in [0.15, 0.2) is 54.6 Å². The van der Waals surface area contributed by atoms with Gasteiger partial charge < -0.3 is 52.0 Å². The number of phosphoric acid groups is 1. The number of primary amides is 2. The van der Waals surface area contributed by atoms with E-state index in [4.69, 9.17) is 26.0 Å². The van der Waals surface area contributed by atoms with Gasteiger partial charge in [-0.15, -0.1) is 0 Å². The predicted molar refractivity (Wildman–Crippen MR) is 206 cm³/mol. The summed E-state index contributed by atoms with van der Waals surface area (Å²) in [6, 6.07) is 7.64. The smallest absolute Gasteiger partial charge is 0.445 e. The van der Waals surface area contributed by atoms with E-state index in [1.54, 1.807) is 30.3 Å². The zero-order valence-corrected chi connectivity index (χ0v) is 33.3. The van der Waals surface area contributed by atoms with Crippen molar-refractivity contribution < 1.29 is 62.3 Å². The first kappa shape index (κ1) is 46.8. The fourth-order valence-electron chi connectivity index (χ4n) is 6.15. The molecule has 6 atom stereocenters. The Balaban J connectivity index is 1.83. The number of amides is 7. The number of ether oxygens (including phenoxy) is 1. The Hall–Kier alpha value is -5.56. The number of carbonyl (C=O) groups excluding carboxylic acids is 7. The number of alkyl carbamates (subject to hydrolysis) is 1. The van der Waals surface area contributed by atoms with Crippen molar-refractivity contribution in [3.63, 3.8) is 0 Å². The van der Waals surface area contributed by atoms with Crippen molar-refractivity contribution in [2.45, 2.75) is 102 Å². The van der Waals surface area contributed by atoms with Crippen LogP contribution in [0.25, 0.3) is 0 Å². The van der Waals surface area contributed by atoms with Crippen LogP contribution in [0.1, 0.15) is 64.0 Å². The SMILES string of the molecule is CC(C)C[C@H](NC(=O)[C@H](Cc1ccc(OP(=O)(O)O)cc1)NC(=O)OCc1ccccc1)C(=O)N1CCC[C@H]1C(=O)N[C@@H](CCC(N)=O)C(=O)N[C@H](C(N)=O)[C@@H](C)O. The Kier molecular flexibility index (Phi) is 17.6. The van der Waals surface area contributed by atoms with Gasteiger partial charge >= 0.3 is 13.9 Å². The number of nitrogens with one attached hydrogen (secondary N) is 4. The van der Waals surface area contributed by atoms with Gasteiger partial charge in [0.15, 0.2) is 0 Å². The molecule has 0 unspecified atom stereocenters. The van der Waals surface area contributed by atoms with E-state index in [-0.39, 0.29) is 56.9 Å². The van der Waals surface area contributed by atoms with Crippen LogP contribution in [0.5, 0.6) is 5.75 Å². The Morgan fingerprint density at radius 1 is 0.845 bits per heavy atom. The maximum atomic E-state index is 14.2. The van der Waals surface area contributed by atoms with Crippen LogP contribution in [0.3, 0.4) is 0 Å². The van der Waals surface area contributed by atoms with Crippen molar-refractivity contribution in [3.05, 3.63) is 65.7 Å². The molecular formula is C37H52N7O13P. The van der Waals surface area contributed by atoms with Crippen molar-refractivity contribution in [2.24, 2.45) is 17.4 Å². The van der Waals surface area contributed by atoms with E-state index in [2.05, 4.69) is 25.8 Å². The van der Waals surface area contributed by atoms with E-state index in [0.29, 0.717) is 17.5 Å². The Morgan fingerprint density at radius 2 is 1.48 bits per heavy atom. The molecule has 20 nitrogen and oxygen atoms in total. The average molecular weight is 834 g/mol. The first-order valence-corrected chi connectivity index (χ1v) is 20.1. The van der Waals surface area contributed by atoms with Crippen LogP contribution in [-0.4, -0.2) is 104 Å². The van der Waals surface area contributed by atoms with Crippen molar-refractivity contribution in [1.29, 1.82) is 0 Å². The van der Waals surface area contributed by atoms with Crippen LogP contribution in [0, 0.1) is 5.92 Å². The highest BCUT2D eigenvalue weighted by Crippen LogP contribution is 2.37. The summed E-state index contributed by atoms with van der Waals surface area (Å²) < 4.78 is 21.2. The van der Waals surface area contributed by atoms with Gasteiger partial charge in [-0.05, 0) is 61.8 Å². The summed E-state index contributed by atoms with van der Waals surface area (Å²) >= 11 is 0. The molecule has 1 aliphatic heterocycles. The minimum Gasteiger partial charge on any atom is -0.445 e. The third kappa shape index (κ3) is 15.4. The fourth-order valence-corrected chi connectivity index (χ4v) is 6.55. The summed E-state index contributed by atoms with van der Waals surface area (Å²) in [6.07, 6.45) is -2.39. The lowest BCUT2D eigenvalue weighted by Crippen LogP contribution is -2.59. The number of aliphatic hydroxyl groups is 1. The maximum absolute atomic E-state index is 14.2. The second-order valence-electron chi connectivity index (χ2n) is 14.3. The second kappa shape index (κ2) is 21.8. The van der Waals surface area contributed by atoms with Gasteiger partial charge in [0.1, 0.15) is 42.6 Å². The molecule has 11 N–H and O–H groups in total. The predicted octanol–water partition coefficient (Wildman–Crippen LogP) is -0.381. The van der Waals surface area contributed by atoms with E-state index >= 15 is 0 Å². The summed E-state index contributed by atoms with van der Waals surface area (Å²) in [5.41, 5.74) is 11.7. The number of aliphatic hydroxyl groups excluding tert-OH is 1. The highest BCUT2D eigenvalue weighted by molar-refractivity contribution is 7.46. The minimum atomic E-state index is -4.84. The summed E-state index contributed by atoms with van der Waals surface area (Å²) in [5.74, 6) is -5.20. The van der Waals surface area contributed by atoms with E-state index < -0.39 is 85.7 Å². The Bertz CT molecular complexity index is 1810. The molecule has 1 heterocycles. The molecule has 0 spiro atoms. The molecule has 58 heavy (non-hydrogen) atoms. The van der Waals surface area contributed by atoms with Gasteiger partial charge in [-0.2, -0.15) is 0 Å². The lowest BCUT2D eigenvalue weighted by Gasteiger charge is -2.31. The van der Waals surface area contributed by atoms with E-state index in [1.807, 2.05) is 13.8 Å². The zero-order valence-electron chi connectivity index (χ0n) is 32.4. The molecule has 3 rings (SSSR count). The molecule has 0 aliphatic carbocycles. The van der Waals surface area contributed by atoms with E-state index in [9.17, 15) is 43.2 Å². The van der Waals surface area contributed by atoms with Gasteiger partial charge in [0.2, 0.25) is 35.4 Å². The van der Waals surface area contributed by atoms with Gasteiger partial charge in [-0.1, -0.05) is 56.3 Å². The number of hydrogen-bond acceptors (Lipinski definition) is 11. The quantitative estimate of drug-likeness (QED) is 0.0726. The lowest BCUT2D eigenvalue weighted by atomic mass is 10.00. The minimum absolute atomic E-state index is 0.111.